The first kappa shape index (κ1) is 24.2. The normalized spacial score (nSPS) is 11.7. The standard InChI is InChI=1S/C40H25NOS/c1-2-8-26(9-3-1)27-14-17-29(18-15-27)41(31-20-23-34-33-10-4-6-12-37(33)42-38(34)25-31)30-19-22-32-28(24-30)16-21-36-35-11-5-7-13-39(35)43-40(32)36/h1-25H. The van der Waals surface area contributed by atoms with Crippen molar-refractivity contribution in [2.75, 3.05) is 4.90 Å². The Labute approximate surface area is 252 Å². The minimum absolute atomic E-state index is 0.886. The van der Waals surface area contributed by atoms with Gasteiger partial charge in [-0.3, -0.25) is 0 Å². The topological polar surface area (TPSA) is 16.4 Å². The third-order valence-corrected chi connectivity index (χ3v) is 9.67. The summed E-state index contributed by atoms with van der Waals surface area (Å²) in [6.07, 6.45) is 0. The second-order valence-corrected chi connectivity index (χ2v) is 12.0. The highest BCUT2D eigenvalue weighted by Gasteiger charge is 2.17. The second-order valence-electron chi connectivity index (χ2n) is 11.0. The third kappa shape index (κ3) is 3.93. The van der Waals surface area contributed by atoms with Gasteiger partial charge < -0.3 is 9.32 Å². The molecule has 0 saturated heterocycles. The maximum Gasteiger partial charge on any atom is 0.137 e. The summed E-state index contributed by atoms with van der Waals surface area (Å²) >= 11 is 1.88. The molecule has 2 aromatic heterocycles. The fourth-order valence-electron chi connectivity index (χ4n) is 6.37. The molecule has 43 heavy (non-hydrogen) atoms. The summed E-state index contributed by atoms with van der Waals surface area (Å²) in [6.45, 7) is 0. The zero-order chi connectivity index (χ0) is 28.3. The largest absolute Gasteiger partial charge is 0.456 e. The van der Waals surface area contributed by atoms with Crippen LogP contribution in [-0.4, -0.2) is 0 Å². The number of furan rings is 1. The summed E-state index contributed by atoms with van der Waals surface area (Å²) in [5, 5.41) is 7.43. The maximum absolute atomic E-state index is 6.31. The molecule has 0 fully saturated rings. The molecule has 9 rings (SSSR count). The Balaban J connectivity index is 1.22. The van der Waals surface area contributed by atoms with Crippen molar-refractivity contribution in [3.8, 4) is 11.1 Å². The van der Waals surface area contributed by atoms with Crippen molar-refractivity contribution in [3.63, 3.8) is 0 Å². The number of nitrogens with zero attached hydrogens (tertiary/aromatic N) is 1. The molecule has 0 aliphatic carbocycles. The monoisotopic (exact) mass is 567 g/mol. The van der Waals surface area contributed by atoms with Crippen LogP contribution in [-0.2, 0) is 0 Å². The van der Waals surface area contributed by atoms with Gasteiger partial charge in [0.15, 0.2) is 0 Å². The number of hydrogen-bond acceptors (Lipinski definition) is 3. The minimum Gasteiger partial charge on any atom is -0.456 e. The van der Waals surface area contributed by atoms with Gasteiger partial charge in [0.05, 0.1) is 0 Å². The van der Waals surface area contributed by atoms with Gasteiger partial charge in [-0.25, -0.2) is 0 Å². The molecule has 0 aliphatic rings. The molecule has 0 unspecified atom stereocenters. The fraction of sp³-hybridized carbons (Fsp3) is 0. The number of hydrogen-bond donors (Lipinski definition) is 0. The Morgan fingerprint density at radius 2 is 1.05 bits per heavy atom. The van der Waals surface area contributed by atoms with Crippen LogP contribution in [0.15, 0.2) is 156 Å². The van der Waals surface area contributed by atoms with Crippen LogP contribution in [0.5, 0.6) is 0 Å². The van der Waals surface area contributed by atoms with Crippen molar-refractivity contribution >= 4 is 81.3 Å². The first-order valence-electron chi connectivity index (χ1n) is 14.5. The van der Waals surface area contributed by atoms with E-state index in [2.05, 4.69) is 144 Å². The van der Waals surface area contributed by atoms with Gasteiger partial charge in [0, 0.05) is 54.1 Å². The second kappa shape index (κ2) is 9.59. The highest BCUT2D eigenvalue weighted by Crippen LogP contribution is 2.43. The Bertz CT molecular complexity index is 2450. The van der Waals surface area contributed by atoms with Gasteiger partial charge in [-0.05, 0) is 70.4 Å². The van der Waals surface area contributed by atoms with E-state index in [-0.39, 0.29) is 0 Å². The van der Waals surface area contributed by atoms with Gasteiger partial charge in [-0.15, -0.1) is 11.3 Å². The number of para-hydroxylation sites is 1. The van der Waals surface area contributed by atoms with Crippen LogP contribution in [0, 0.1) is 0 Å². The van der Waals surface area contributed by atoms with Gasteiger partial charge in [-0.1, -0.05) is 97.1 Å². The molecule has 0 atom stereocenters. The molecule has 3 heteroatoms. The van der Waals surface area contributed by atoms with Gasteiger partial charge in [0.1, 0.15) is 11.2 Å². The van der Waals surface area contributed by atoms with Crippen LogP contribution in [0.1, 0.15) is 0 Å². The fourth-order valence-corrected chi connectivity index (χ4v) is 7.61. The Kier molecular flexibility index (Phi) is 5.40. The molecule has 0 bridgehead atoms. The van der Waals surface area contributed by atoms with Gasteiger partial charge in [-0.2, -0.15) is 0 Å². The van der Waals surface area contributed by atoms with E-state index in [1.165, 1.54) is 42.1 Å². The lowest BCUT2D eigenvalue weighted by Crippen LogP contribution is -2.09. The molecule has 0 N–H and O–H groups in total. The molecular formula is C40H25NOS. The Morgan fingerprint density at radius 1 is 0.419 bits per heavy atom. The van der Waals surface area contributed by atoms with Crippen LogP contribution in [0.4, 0.5) is 17.1 Å². The van der Waals surface area contributed by atoms with E-state index in [9.17, 15) is 0 Å². The van der Waals surface area contributed by atoms with Gasteiger partial charge >= 0.3 is 0 Å². The van der Waals surface area contributed by atoms with E-state index in [4.69, 9.17) is 4.42 Å². The maximum atomic E-state index is 6.31. The smallest absolute Gasteiger partial charge is 0.137 e. The number of thiophene rings is 1. The quantitative estimate of drug-likeness (QED) is 0.210. The Hall–Kier alpha value is -5.38. The van der Waals surface area contributed by atoms with Gasteiger partial charge in [0.2, 0.25) is 0 Å². The molecule has 0 spiro atoms. The van der Waals surface area contributed by atoms with E-state index >= 15 is 0 Å². The summed E-state index contributed by atoms with van der Waals surface area (Å²) in [7, 11) is 0. The summed E-state index contributed by atoms with van der Waals surface area (Å²) in [6, 6.07) is 54.3. The van der Waals surface area contributed by atoms with Gasteiger partial charge in [0.25, 0.3) is 0 Å². The first-order valence-corrected chi connectivity index (χ1v) is 15.3. The highest BCUT2D eigenvalue weighted by molar-refractivity contribution is 7.26. The molecule has 0 amide bonds. The first-order chi connectivity index (χ1) is 21.3. The van der Waals surface area contributed by atoms with E-state index in [0.29, 0.717) is 0 Å². The molecular weight excluding hydrogens is 543 g/mol. The van der Waals surface area contributed by atoms with Crippen LogP contribution in [0.2, 0.25) is 0 Å². The van der Waals surface area contributed by atoms with Crippen LogP contribution in [0.3, 0.4) is 0 Å². The zero-order valence-corrected chi connectivity index (χ0v) is 24.0. The summed E-state index contributed by atoms with van der Waals surface area (Å²) in [5.74, 6) is 0. The van der Waals surface area contributed by atoms with E-state index in [0.717, 1.165) is 39.0 Å². The van der Waals surface area contributed by atoms with Crippen molar-refractivity contribution in [1.82, 2.24) is 0 Å². The van der Waals surface area contributed by atoms with Crippen molar-refractivity contribution in [2.24, 2.45) is 0 Å². The average Bonchev–Trinajstić information content (AvgIpc) is 3.64. The minimum atomic E-state index is 0.886. The average molecular weight is 568 g/mol. The molecule has 0 saturated carbocycles. The third-order valence-electron chi connectivity index (χ3n) is 8.45. The predicted octanol–water partition coefficient (Wildman–Crippen LogP) is 12.2. The van der Waals surface area contributed by atoms with Crippen LogP contribution in [0.25, 0.3) is 64.0 Å². The number of benzene rings is 7. The van der Waals surface area contributed by atoms with Crippen molar-refractivity contribution < 1.29 is 4.42 Å². The molecule has 0 aliphatic heterocycles. The number of rotatable bonds is 4. The van der Waals surface area contributed by atoms with Crippen molar-refractivity contribution in [2.45, 2.75) is 0 Å². The summed E-state index contributed by atoms with van der Waals surface area (Å²) in [5.41, 5.74) is 7.46. The summed E-state index contributed by atoms with van der Waals surface area (Å²) in [4.78, 5) is 2.33. The Morgan fingerprint density at radius 3 is 1.91 bits per heavy atom. The van der Waals surface area contributed by atoms with Crippen LogP contribution < -0.4 is 4.90 Å². The van der Waals surface area contributed by atoms with E-state index < -0.39 is 0 Å². The van der Waals surface area contributed by atoms with E-state index in [1.54, 1.807) is 0 Å². The molecule has 202 valence electrons. The lowest BCUT2D eigenvalue weighted by molar-refractivity contribution is 0.669. The summed E-state index contributed by atoms with van der Waals surface area (Å²) < 4.78 is 8.98. The molecule has 0 radical (unpaired) electrons. The van der Waals surface area contributed by atoms with E-state index in [1.807, 2.05) is 23.5 Å². The lowest BCUT2D eigenvalue weighted by atomic mass is 10.0. The predicted molar refractivity (Wildman–Crippen MR) is 184 cm³/mol. The van der Waals surface area contributed by atoms with Crippen molar-refractivity contribution in [3.05, 3.63) is 152 Å². The molecule has 9 aromatic rings. The highest BCUT2D eigenvalue weighted by atomic mass is 32.1. The molecule has 2 heterocycles. The molecule has 7 aromatic carbocycles. The SMILES string of the molecule is c1ccc(-c2ccc(N(c3ccc4c(ccc5c6ccccc6sc45)c3)c3ccc4c(c3)oc3ccccc34)cc2)cc1. The number of fused-ring (bicyclic) bond motifs is 8. The number of anilines is 3. The molecule has 2 nitrogen and oxygen atoms in total. The lowest BCUT2D eigenvalue weighted by Gasteiger charge is -2.26. The van der Waals surface area contributed by atoms with Crippen LogP contribution >= 0.6 is 11.3 Å². The van der Waals surface area contributed by atoms with Crippen molar-refractivity contribution in [1.29, 1.82) is 0 Å². The zero-order valence-electron chi connectivity index (χ0n) is 23.2.